The summed E-state index contributed by atoms with van der Waals surface area (Å²) in [6.45, 7) is 0.613. The number of hydrogen-bond donors (Lipinski definition) is 1. The van der Waals surface area contributed by atoms with Gasteiger partial charge in [-0.05, 0) is 48.7 Å². The molecule has 0 radical (unpaired) electrons. The van der Waals surface area contributed by atoms with Crippen molar-refractivity contribution in [1.82, 2.24) is 5.32 Å². The fourth-order valence-corrected chi connectivity index (χ4v) is 2.98. The molecular formula is C19H20ClNO3. The van der Waals surface area contributed by atoms with Crippen LogP contribution >= 0.6 is 11.6 Å². The fourth-order valence-electron chi connectivity index (χ4n) is 2.85. The smallest absolute Gasteiger partial charge is 0.251 e. The summed E-state index contributed by atoms with van der Waals surface area (Å²) in [4.78, 5) is 12.4. The molecule has 5 heteroatoms. The average Bonchev–Trinajstić information content (AvgIpc) is 3.40. The zero-order chi connectivity index (χ0) is 17.2. The maximum absolute atomic E-state index is 12.4. The molecular weight excluding hydrogens is 326 g/mol. The van der Waals surface area contributed by atoms with Crippen molar-refractivity contribution in [2.24, 2.45) is 0 Å². The van der Waals surface area contributed by atoms with E-state index in [0.717, 1.165) is 17.9 Å². The largest absolute Gasteiger partial charge is 0.493 e. The second-order valence-corrected chi connectivity index (χ2v) is 6.48. The summed E-state index contributed by atoms with van der Waals surface area (Å²) in [5, 5.41) is 3.76. The number of halogens is 1. The molecule has 4 nitrogen and oxygen atoms in total. The van der Waals surface area contributed by atoms with Gasteiger partial charge in [-0.2, -0.15) is 0 Å². The zero-order valence-corrected chi connectivity index (χ0v) is 14.5. The number of hydrogen-bond acceptors (Lipinski definition) is 3. The molecule has 0 saturated heterocycles. The number of methoxy groups -OCH3 is 2. The van der Waals surface area contributed by atoms with E-state index in [1.165, 1.54) is 5.56 Å². The predicted octanol–water partition coefficient (Wildman–Crippen LogP) is 3.82. The second-order valence-electron chi connectivity index (χ2n) is 6.04. The van der Waals surface area contributed by atoms with Crippen LogP contribution in [0.4, 0.5) is 0 Å². The van der Waals surface area contributed by atoms with Crippen molar-refractivity contribution in [2.75, 3.05) is 20.8 Å². The van der Waals surface area contributed by atoms with Crippen molar-refractivity contribution < 1.29 is 14.3 Å². The maximum Gasteiger partial charge on any atom is 0.251 e. The van der Waals surface area contributed by atoms with Crippen LogP contribution in [0.2, 0.25) is 5.02 Å². The van der Waals surface area contributed by atoms with Gasteiger partial charge in [-0.1, -0.05) is 23.7 Å². The van der Waals surface area contributed by atoms with Gasteiger partial charge >= 0.3 is 0 Å². The minimum Gasteiger partial charge on any atom is -0.493 e. The Bertz CT molecular complexity index is 739. The molecule has 2 aromatic rings. The van der Waals surface area contributed by atoms with E-state index in [1.807, 2.05) is 24.3 Å². The van der Waals surface area contributed by atoms with Crippen LogP contribution in [0.25, 0.3) is 0 Å². The molecule has 0 bridgehead atoms. The first kappa shape index (κ1) is 16.7. The standard InChI is InChI=1S/C19H20ClNO3/c1-23-16-8-3-13(11-17(16)24-2)18(22)21-12-19(9-10-19)14-4-6-15(20)7-5-14/h3-8,11H,9-10,12H2,1-2H3,(H,21,22). The van der Waals surface area contributed by atoms with Gasteiger partial charge < -0.3 is 14.8 Å². The summed E-state index contributed by atoms with van der Waals surface area (Å²) in [7, 11) is 3.12. The van der Waals surface area contributed by atoms with Crippen LogP contribution in [-0.4, -0.2) is 26.7 Å². The van der Waals surface area contributed by atoms with E-state index >= 15 is 0 Å². The van der Waals surface area contributed by atoms with Gasteiger partial charge in [0.05, 0.1) is 14.2 Å². The van der Waals surface area contributed by atoms with Crippen LogP contribution in [0.15, 0.2) is 42.5 Å². The van der Waals surface area contributed by atoms with E-state index in [2.05, 4.69) is 5.32 Å². The normalized spacial score (nSPS) is 14.8. The van der Waals surface area contributed by atoms with Crippen molar-refractivity contribution in [1.29, 1.82) is 0 Å². The number of amides is 1. The van der Waals surface area contributed by atoms with Crippen LogP contribution in [0.5, 0.6) is 11.5 Å². The molecule has 24 heavy (non-hydrogen) atoms. The number of nitrogens with one attached hydrogen (secondary N) is 1. The topological polar surface area (TPSA) is 47.6 Å². The Kier molecular flexibility index (Phi) is 4.67. The number of rotatable bonds is 6. The van der Waals surface area contributed by atoms with Gasteiger partial charge in [0.2, 0.25) is 0 Å². The molecule has 1 N–H and O–H groups in total. The summed E-state index contributed by atoms with van der Waals surface area (Å²) in [5.74, 6) is 1.04. The monoisotopic (exact) mass is 345 g/mol. The van der Waals surface area contributed by atoms with Gasteiger partial charge in [-0.15, -0.1) is 0 Å². The Balaban J connectivity index is 1.68. The molecule has 0 unspecified atom stereocenters. The Morgan fingerprint density at radius 1 is 1.08 bits per heavy atom. The molecule has 1 aliphatic carbocycles. The first-order valence-electron chi connectivity index (χ1n) is 7.84. The first-order valence-corrected chi connectivity index (χ1v) is 8.22. The van der Waals surface area contributed by atoms with Crippen LogP contribution < -0.4 is 14.8 Å². The lowest BCUT2D eigenvalue weighted by Gasteiger charge is -2.17. The van der Waals surface area contributed by atoms with E-state index in [4.69, 9.17) is 21.1 Å². The molecule has 0 aliphatic heterocycles. The number of benzene rings is 2. The van der Waals surface area contributed by atoms with Crippen molar-refractivity contribution >= 4 is 17.5 Å². The third-order valence-electron chi connectivity index (χ3n) is 4.54. The Morgan fingerprint density at radius 3 is 2.33 bits per heavy atom. The molecule has 1 aliphatic rings. The maximum atomic E-state index is 12.4. The third kappa shape index (κ3) is 3.34. The van der Waals surface area contributed by atoms with Crippen molar-refractivity contribution in [2.45, 2.75) is 18.3 Å². The highest BCUT2D eigenvalue weighted by molar-refractivity contribution is 6.30. The van der Waals surface area contributed by atoms with E-state index in [9.17, 15) is 4.79 Å². The first-order chi connectivity index (χ1) is 11.6. The lowest BCUT2D eigenvalue weighted by Crippen LogP contribution is -2.32. The van der Waals surface area contributed by atoms with Gasteiger partial charge in [0.15, 0.2) is 11.5 Å². The molecule has 0 atom stereocenters. The highest BCUT2D eigenvalue weighted by Crippen LogP contribution is 2.47. The molecule has 1 fully saturated rings. The Labute approximate surface area is 146 Å². The van der Waals surface area contributed by atoms with Crippen molar-refractivity contribution in [3.05, 3.63) is 58.6 Å². The van der Waals surface area contributed by atoms with Gasteiger partial charge in [-0.25, -0.2) is 0 Å². The van der Waals surface area contributed by atoms with Crippen LogP contribution in [-0.2, 0) is 5.41 Å². The second kappa shape index (κ2) is 6.73. The van der Waals surface area contributed by atoms with E-state index in [-0.39, 0.29) is 11.3 Å². The quantitative estimate of drug-likeness (QED) is 0.865. The summed E-state index contributed by atoms with van der Waals surface area (Å²) in [6.07, 6.45) is 2.14. The molecule has 1 saturated carbocycles. The molecule has 0 aromatic heterocycles. The Hall–Kier alpha value is -2.20. The van der Waals surface area contributed by atoms with Crippen LogP contribution in [0.1, 0.15) is 28.8 Å². The number of carbonyl (C=O) groups is 1. The lowest BCUT2D eigenvalue weighted by molar-refractivity contribution is 0.0949. The highest BCUT2D eigenvalue weighted by Gasteiger charge is 2.44. The average molecular weight is 346 g/mol. The Morgan fingerprint density at radius 2 is 1.75 bits per heavy atom. The summed E-state index contributed by atoms with van der Waals surface area (Å²) < 4.78 is 10.4. The minimum absolute atomic E-state index is 0.0385. The summed E-state index contributed by atoms with van der Waals surface area (Å²) in [5.41, 5.74) is 1.82. The minimum atomic E-state index is -0.115. The molecule has 0 spiro atoms. The van der Waals surface area contributed by atoms with E-state index in [1.54, 1.807) is 32.4 Å². The highest BCUT2D eigenvalue weighted by atomic mass is 35.5. The van der Waals surface area contributed by atoms with Gasteiger partial charge in [-0.3, -0.25) is 4.79 Å². The molecule has 2 aromatic carbocycles. The van der Waals surface area contributed by atoms with E-state index < -0.39 is 0 Å². The van der Waals surface area contributed by atoms with Crippen molar-refractivity contribution in [3.8, 4) is 11.5 Å². The van der Waals surface area contributed by atoms with E-state index in [0.29, 0.717) is 23.6 Å². The molecule has 1 amide bonds. The molecule has 0 heterocycles. The fraction of sp³-hybridized carbons (Fsp3) is 0.316. The van der Waals surface area contributed by atoms with Crippen molar-refractivity contribution in [3.63, 3.8) is 0 Å². The third-order valence-corrected chi connectivity index (χ3v) is 4.80. The summed E-state index contributed by atoms with van der Waals surface area (Å²) >= 11 is 5.95. The number of ether oxygens (including phenoxy) is 2. The molecule has 3 rings (SSSR count). The number of carbonyl (C=O) groups excluding carboxylic acids is 1. The lowest BCUT2D eigenvalue weighted by atomic mass is 9.96. The molecule has 126 valence electrons. The SMILES string of the molecule is COc1ccc(C(=O)NCC2(c3ccc(Cl)cc3)CC2)cc1OC. The van der Waals surface area contributed by atoms with Gasteiger partial charge in [0.1, 0.15) is 0 Å². The van der Waals surface area contributed by atoms with Gasteiger partial charge in [0, 0.05) is 22.5 Å². The van der Waals surface area contributed by atoms with Crippen LogP contribution in [0, 0.1) is 0 Å². The summed E-state index contributed by atoms with van der Waals surface area (Å²) in [6, 6.07) is 13.0. The van der Waals surface area contributed by atoms with Gasteiger partial charge in [0.25, 0.3) is 5.91 Å². The van der Waals surface area contributed by atoms with Crippen LogP contribution in [0.3, 0.4) is 0 Å². The zero-order valence-electron chi connectivity index (χ0n) is 13.8. The predicted molar refractivity (Wildman–Crippen MR) is 94.2 cm³/mol.